The molecule has 2 N–H and O–H groups in total. The second-order valence-electron chi connectivity index (χ2n) is 5.26. The van der Waals surface area contributed by atoms with Crippen LogP contribution < -0.4 is 10.6 Å². The van der Waals surface area contributed by atoms with E-state index in [0.29, 0.717) is 0 Å². The predicted molar refractivity (Wildman–Crippen MR) is 74.0 cm³/mol. The molecule has 3 rings (SSSR count). The fourth-order valence-electron chi connectivity index (χ4n) is 3.00. The molecule has 0 aromatic heterocycles. The van der Waals surface area contributed by atoms with Gasteiger partial charge in [-0.15, -0.1) is 0 Å². The third-order valence-corrected chi connectivity index (χ3v) is 4.48. The molecule has 1 saturated heterocycles. The summed E-state index contributed by atoms with van der Waals surface area (Å²) in [7, 11) is 0. The summed E-state index contributed by atoms with van der Waals surface area (Å²) in [6.07, 6.45) is 5.76. The molecule has 1 saturated carbocycles. The quantitative estimate of drug-likeness (QED) is 0.837. The Labute approximate surface area is 115 Å². The Morgan fingerprint density at radius 1 is 1.11 bits per heavy atom. The van der Waals surface area contributed by atoms with Gasteiger partial charge in [0.15, 0.2) is 0 Å². The molecule has 1 aliphatic carbocycles. The van der Waals surface area contributed by atoms with Gasteiger partial charge in [-0.2, -0.15) is 0 Å². The van der Waals surface area contributed by atoms with Crippen LogP contribution in [-0.4, -0.2) is 11.6 Å². The standard InChI is InChI=1S/C14H17BrN2O/c15-11-6-4-10(5-7-11)12-13(18)17-14(16-12)8-2-1-3-9-14/h4-7,12,16H,1-3,8-9H2,(H,17,18). The van der Waals surface area contributed by atoms with Crippen LogP contribution in [0.5, 0.6) is 0 Å². The highest BCUT2D eigenvalue weighted by Gasteiger charge is 2.44. The van der Waals surface area contributed by atoms with Gasteiger partial charge in [-0.25, -0.2) is 0 Å². The van der Waals surface area contributed by atoms with Crippen molar-refractivity contribution in [3.05, 3.63) is 34.3 Å². The normalized spacial score (nSPS) is 26.3. The molecule has 1 unspecified atom stereocenters. The minimum Gasteiger partial charge on any atom is -0.336 e. The maximum atomic E-state index is 12.1. The lowest BCUT2D eigenvalue weighted by Gasteiger charge is -2.33. The highest BCUT2D eigenvalue weighted by Crippen LogP contribution is 2.33. The van der Waals surface area contributed by atoms with Gasteiger partial charge < -0.3 is 5.32 Å². The van der Waals surface area contributed by atoms with Crippen LogP contribution in [0.25, 0.3) is 0 Å². The molecule has 18 heavy (non-hydrogen) atoms. The van der Waals surface area contributed by atoms with Gasteiger partial charge in [-0.05, 0) is 43.4 Å². The van der Waals surface area contributed by atoms with Crippen molar-refractivity contribution >= 4 is 21.8 Å². The van der Waals surface area contributed by atoms with Crippen molar-refractivity contribution in [2.24, 2.45) is 0 Å². The number of hydrogen-bond acceptors (Lipinski definition) is 2. The van der Waals surface area contributed by atoms with E-state index in [9.17, 15) is 4.79 Å². The molecule has 4 heteroatoms. The van der Waals surface area contributed by atoms with Gasteiger partial charge in [-0.3, -0.25) is 10.1 Å². The summed E-state index contributed by atoms with van der Waals surface area (Å²) in [4.78, 5) is 12.1. The summed E-state index contributed by atoms with van der Waals surface area (Å²) in [6.45, 7) is 0. The smallest absolute Gasteiger partial charge is 0.243 e. The van der Waals surface area contributed by atoms with Crippen LogP contribution in [0.2, 0.25) is 0 Å². The number of benzene rings is 1. The number of carbonyl (C=O) groups excluding carboxylic acids is 1. The van der Waals surface area contributed by atoms with Crippen molar-refractivity contribution in [1.82, 2.24) is 10.6 Å². The zero-order chi connectivity index (χ0) is 12.6. The summed E-state index contributed by atoms with van der Waals surface area (Å²) in [6, 6.07) is 7.77. The van der Waals surface area contributed by atoms with Crippen LogP contribution in [-0.2, 0) is 4.79 Å². The maximum absolute atomic E-state index is 12.1. The van der Waals surface area contributed by atoms with E-state index in [-0.39, 0.29) is 17.6 Å². The molecule has 0 bridgehead atoms. The summed E-state index contributed by atoms with van der Waals surface area (Å²) in [5.74, 6) is 0.110. The zero-order valence-electron chi connectivity index (χ0n) is 10.2. The molecule has 3 nitrogen and oxygen atoms in total. The molecule has 1 amide bonds. The Morgan fingerprint density at radius 3 is 2.44 bits per heavy atom. The first kappa shape index (κ1) is 12.2. The van der Waals surface area contributed by atoms with Crippen molar-refractivity contribution < 1.29 is 4.79 Å². The molecule has 0 radical (unpaired) electrons. The van der Waals surface area contributed by atoms with E-state index in [1.54, 1.807) is 0 Å². The fourth-order valence-corrected chi connectivity index (χ4v) is 3.26. The number of rotatable bonds is 1. The Morgan fingerprint density at radius 2 is 1.78 bits per heavy atom. The molecule has 1 aromatic rings. The van der Waals surface area contributed by atoms with Crippen molar-refractivity contribution in [3.63, 3.8) is 0 Å². The van der Waals surface area contributed by atoms with E-state index in [1.807, 2.05) is 24.3 Å². The van der Waals surface area contributed by atoms with E-state index in [4.69, 9.17) is 0 Å². The molecule has 1 heterocycles. The summed E-state index contributed by atoms with van der Waals surface area (Å²) in [5, 5.41) is 6.69. The molecule has 96 valence electrons. The van der Waals surface area contributed by atoms with Crippen LogP contribution in [0.15, 0.2) is 28.7 Å². The summed E-state index contributed by atoms with van der Waals surface area (Å²) in [5.41, 5.74) is 0.894. The van der Waals surface area contributed by atoms with Crippen molar-refractivity contribution in [3.8, 4) is 0 Å². The van der Waals surface area contributed by atoms with Crippen LogP contribution >= 0.6 is 15.9 Å². The average Bonchev–Trinajstić information content (AvgIpc) is 2.68. The van der Waals surface area contributed by atoms with E-state index >= 15 is 0 Å². The molecule has 1 aliphatic heterocycles. The first-order valence-corrected chi connectivity index (χ1v) is 7.33. The number of nitrogens with one attached hydrogen (secondary N) is 2. The van der Waals surface area contributed by atoms with Gasteiger partial charge in [0.1, 0.15) is 6.04 Å². The lowest BCUT2D eigenvalue weighted by Crippen LogP contribution is -2.51. The molecule has 1 spiro atoms. The Bertz CT molecular complexity index is 451. The number of carbonyl (C=O) groups is 1. The second kappa shape index (κ2) is 4.67. The predicted octanol–water partition coefficient (Wildman–Crippen LogP) is 2.87. The minimum absolute atomic E-state index is 0.110. The zero-order valence-corrected chi connectivity index (χ0v) is 11.8. The molecule has 2 fully saturated rings. The Balaban J connectivity index is 1.82. The van der Waals surface area contributed by atoms with Crippen molar-refractivity contribution in [2.75, 3.05) is 0 Å². The largest absolute Gasteiger partial charge is 0.336 e. The molecular formula is C14H17BrN2O. The van der Waals surface area contributed by atoms with Crippen molar-refractivity contribution in [1.29, 1.82) is 0 Å². The first-order valence-electron chi connectivity index (χ1n) is 6.54. The topological polar surface area (TPSA) is 41.1 Å². The van der Waals surface area contributed by atoms with Gasteiger partial charge in [0.2, 0.25) is 5.91 Å². The lowest BCUT2D eigenvalue weighted by molar-refractivity contribution is -0.121. The fraction of sp³-hybridized carbons (Fsp3) is 0.500. The molecular weight excluding hydrogens is 292 g/mol. The van der Waals surface area contributed by atoms with E-state index in [2.05, 4.69) is 26.6 Å². The minimum atomic E-state index is -0.198. The molecule has 1 atom stereocenters. The summed E-state index contributed by atoms with van der Waals surface area (Å²) < 4.78 is 1.04. The van der Waals surface area contributed by atoms with Crippen molar-refractivity contribution in [2.45, 2.75) is 43.8 Å². The first-order chi connectivity index (χ1) is 8.69. The van der Waals surface area contributed by atoms with Crippen LogP contribution in [0.3, 0.4) is 0 Å². The number of halogens is 1. The number of hydrogen-bond donors (Lipinski definition) is 2. The van der Waals surface area contributed by atoms with Gasteiger partial charge in [-0.1, -0.05) is 34.5 Å². The molecule has 2 aliphatic rings. The van der Waals surface area contributed by atoms with Gasteiger partial charge in [0.25, 0.3) is 0 Å². The Kier molecular flexibility index (Phi) is 3.16. The second-order valence-corrected chi connectivity index (χ2v) is 6.18. The van der Waals surface area contributed by atoms with Crippen LogP contribution in [0, 0.1) is 0 Å². The monoisotopic (exact) mass is 308 g/mol. The lowest BCUT2D eigenvalue weighted by atomic mass is 9.89. The van der Waals surface area contributed by atoms with E-state index < -0.39 is 0 Å². The average molecular weight is 309 g/mol. The summed E-state index contributed by atoms with van der Waals surface area (Å²) >= 11 is 3.42. The van der Waals surface area contributed by atoms with E-state index in [0.717, 1.165) is 22.9 Å². The highest BCUT2D eigenvalue weighted by atomic mass is 79.9. The Hall–Kier alpha value is -0.870. The number of amides is 1. The maximum Gasteiger partial charge on any atom is 0.243 e. The molecule has 1 aromatic carbocycles. The van der Waals surface area contributed by atoms with Gasteiger partial charge in [0.05, 0.1) is 5.66 Å². The van der Waals surface area contributed by atoms with Crippen LogP contribution in [0.1, 0.15) is 43.7 Å². The third kappa shape index (κ3) is 2.19. The van der Waals surface area contributed by atoms with Gasteiger partial charge >= 0.3 is 0 Å². The van der Waals surface area contributed by atoms with E-state index in [1.165, 1.54) is 19.3 Å². The van der Waals surface area contributed by atoms with Gasteiger partial charge in [0, 0.05) is 4.47 Å². The third-order valence-electron chi connectivity index (χ3n) is 3.96. The van der Waals surface area contributed by atoms with Crippen LogP contribution in [0.4, 0.5) is 0 Å². The highest BCUT2D eigenvalue weighted by molar-refractivity contribution is 9.10. The SMILES string of the molecule is O=C1NC2(CCCCC2)NC1c1ccc(Br)cc1.